The van der Waals surface area contributed by atoms with Crippen LogP contribution in [0.1, 0.15) is 11.1 Å². The summed E-state index contributed by atoms with van der Waals surface area (Å²) in [6.45, 7) is 1.44. The lowest BCUT2D eigenvalue weighted by atomic mass is 10.1. The molecule has 0 aliphatic carbocycles. The molecule has 3 aromatic rings. The topological polar surface area (TPSA) is 81.2 Å². The highest BCUT2D eigenvalue weighted by Gasteiger charge is 2.31. The summed E-state index contributed by atoms with van der Waals surface area (Å²) in [4.78, 5) is 3.26. The van der Waals surface area contributed by atoms with Crippen molar-refractivity contribution in [3.8, 4) is 11.5 Å². The molecule has 1 aromatic heterocycles. The molecule has 6 nitrogen and oxygen atoms in total. The molecule has 0 aliphatic heterocycles. The van der Waals surface area contributed by atoms with Crippen molar-refractivity contribution >= 4 is 26.7 Å². The van der Waals surface area contributed by atoms with Crippen LogP contribution >= 0.6 is 11.5 Å². The highest BCUT2D eigenvalue weighted by Crippen LogP contribution is 2.35. The molecule has 0 radical (unpaired) electrons. The molecule has 0 fully saturated rings. The second kappa shape index (κ2) is 7.36. The van der Waals surface area contributed by atoms with E-state index in [-0.39, 0.29) is 16.4 Å². The largest absolute Gasteiger partial charge is 0.454 e. The number of ether oxygens (including phenoxy) is 1. The zero-order chi connectivity index (χ0) is 20.5. The van der Waals surface area contributed by atoms with Gasteiger partial charge in [0.15, 0.2) is 11.6 Å². The van der Waals surface area contributed by atoms with Crippen LogP contribution in [0.4, 0.5) is 22.7 Å². The van der Waals surface area contributed by atoms with Gasteiger partial charge in [-0.3, -0.25) is 4.72 Å². The highest BCUT2D eigenvalue weighted by atomic mass is 32.2. The first kappa shape index (κ1) is 20.0. The van der Waals surface area contributed by atoms with Crippen molar-refractivity contribution in [3.05, 3.63) is 59.7 Å². The molecule has 0 atom stereocenters. The van der Waals surface area contributed by atoms with Gasteiger partial charge in [0, 0.05) is 11.5 Å². The molecule has 0 aliphatic rings. The monoisotopic (exact) mass is 433 g/mol. The van der Waals surface area contributed by atoms with E-state index in [1.54, 1.807) is 0 Å². The third kappa shape index (κ3) is 4.57. The number of anilines is 1. The van der Waals surface area contributed by atoms with E-state index in [1.165, 1.54) is 13.0 Å². The number of sulfonamides is 1. The predicted octanol–water partition coefficient (Wildman–Crippen LogP) is 4.60. The van der Waals surface area contributed by atoms with Gasteiger partial charge in [-0.05, 0) is 48.9 Å². The molecule has 148 valence electrons. The molecule has 0 unspecified atom stereocenters. The fourth-order valence-corrected chi connectivity index (χ4v) is 3.89. The Bertz CT molecular complexity index is 1100. The van der Waals surface area contributed by atoms with Crippen LogP contribution < -0.4 is 9.46 Å². The van der Waals surface area contributed by atoms with Crippen LogP contribution in [0.25, 0.3) is 0 Å². The summed E-state index contributed by atoms with van der Waals surface area (Å²) in [5.41, 5.74) is -0.672. The van der Waals surface area contributed by atoms with Crippen LogP contribution in [0.2, 0.25) is 0 Å². The third-order valence-electron chi connectivity index (χ3n) is 3.40. The van der Waals surface area contributed by atoms with Crippen molar-refractivity contribution in [3.63, 3.8) is 0 Å². The van der Waals surface area contributed by atoms with Gasteiger partial charge in [-0.15, -0.1) is 0 Å². The van der Waals surface area contributed by atoms with Crippen molar-refractivity contribution < 1.29 is 30.7 Å². The second-order valence-corrected chi connectivity index (χ2v) is 8.04. The summed E-state index contributed by atoms with van der Waals surface area (Å²) in [6, 6.07) is 5.73. The van der Waals surface area contributed by atoms with E-state index < -0.39 is 38.2 Å². The van der Waals surface area contributed by atoms with Crippen molar-refractivity contribution in [1.82, 2.24) is 9.36 Å². The number of alkyl halides is 3. The highest BCUT2D eigenvalue weighted by molar-refractivity contribution is 7.93. The van der Waals surface area contributed by atoms with Crippen LogP contribution in [0.3, 0.4) is 0 Å². The Morgan fingerprint density at radius 2 is 1.89 bits per heavy atom. The van der Waals surface area contributed by atoms with Crippen molar-refractivity contribution in [2.24, 2.45) is 0 Å². The third-order valence-corrected chi connectivity index (χ3v) is 5.45. The second-order valence-electron chi connectivity index (χ2n) is 5.58. The number of nitrogens with one attached hydrogen (secondary N) is 1. The Morgan fingerprint density at radius 3 is 2.50 bits per heavy atom. The number of hydrogen-bond donors (Lipinski definition) is 1. The summed E-state index contributed by atoms with van der Waals surface area (Å²) in [5, 5.41) is 0.000163. The lowest BCUT2D eigenvalue weighted by Crippen LogP contribution is -2.13. The molecule has 28 heavy (non-hydrogen) atoms. The van der Waals surface area contributed by atoms with E-state index in [9.17, 15) is 26.0 Å². The van der Waals surface area contributed by atoms with Gasteiger partial charge in [-0.25, -0.2) is 17.8 Å². The SMILES string of the molecule is Cc1cc(Oc2ccc(S(=O)(=O)Nc3ncns3)cc2F)cc(C(F)(F)F)c1. The fraction of sp³-hybridized carbons (Fsp3) is 0.125. The molecular formula is C16H11F4N3O3S2. The summed E-state index contributed by atoms with van der Waals surface area (Å²) < 4.78 is 88.4. The quantitative estimate of drug-likeness (QED) is 0.595. The Kier molecular flexibility index (Phi) is 5.26. The van der Waals surface area contributed by atoms with Gasteiger partial charge in [-0.2, -0.15) is 17.5 Å². The minimum atomic E-state index is -4.59. The normalized spacial score (nSPS) is 12.0. The van der Waals surface area contributed by atoms with E-state index in [0.29, 0.717) is 6.07 Å². The van der Waals surface area contributed by atoms with Crippen LogP contribution in [-0.2, 0) is 16.2 Å². The molecule has 1 heterocycles. The summed E-state index contributed by atoms with van der Waals surface area (Å²) in [6.07, 6.45) is -3.44. The van der Waals surface area contributed by atoms with Crippen molar-refractivity contribution in [1.29, 1.82) is 0 Å². The number of benzene rings is 2. The van der Waals surface area contributed by atoms with Gasteiger partial charge in [0.25, 0.3) is 10.0 Å². The van der Waals surface area contributed by atoms with Gasteiger partial charge < -0.3 is 4.74 Å². The van der Waals surface area contributed by atoms with Crippen LogP contribution in [0.5, 0.6) is 11.5 Å². The number of nitrogens with zero attached hydrogens (tertiary/aromatic N) is 2. The Hall–Kier alpha value is -2.73. The molecule has 12 heteroatoms. The maximum Gasteiger partial charge on any atom is 0.416 e. The number of halogens is 4. The minimum Gasteiger partial charge on any atom is -0.454 e. The smallest absolute Gasteiger partial charge is 0.416 e. The predicted molar refractivity (Wildman–Crippen MR) is 93.4 cm³/mol. The number of hydrogen-bond acceptors (Lipinski definition) is 6. The maximum absolute atomic E-state index is 14.3. The number of aromatic nitrogens is 2. The first-order chi connectivity index (χ1) is 13.0. The van der Waals surface area contributed by atoms with Crippen LogP contribution in [0.15, 0.2) is 47.6 Å². The van der Waals surface area contributed by atoms with Gasteiger partial charge in [0.1, 0.15) is 12.1 Å². The van der Waals surface area contributed by atoms with E-state index >= 15 is 0 Å². The molecule has 0 saturated carbocycles. The van der Waals surface area contributed by atoms with Crippen LogP contribution in [0, 0.1) is 12.7 Å². The number of aryl methyl sites for hydroxylation is 1. The van der Waals surface area contributed by atoms with Gasteiger partial charge in [0.05, 0.1) is 10.5 Å². The Morgan fingerprint density at radius 1 is 1.14 bits per heavy atom. The summed E-state index contributed by atoms with van der Waals surface area (Å²) in [5.74, 6) is -1.71. The lowest BCUT2D eigenvalue weighted by molar-refractivity contribution is -0.137. The molecule has 0 saturated heterocycles. The first-order valence-corrected chi connectivity index (χ1v) is 9.76. The van der Waals surface area contributed by atoms with Gasteiger partial charge in [-0.1, -0.05) is 0 Å². The summed E-state index contributed by atoms with van der Waals surface area (Å²) in [7, 11) is -4.11. The molecular weight excluding hydrogens is 422 g/mol. The minimum absolute atomic E-state index is 0.000163. The Labute approximate surface area is 161 Å². The maximum atomic E-state index is 14.3. The van der Waals surface area contributed by atoms with Gasteiger partial charge >= 0.3 is 6.18 Å². The van der Waals surface area contributed by atoms with Gasteiger partial charge in [0.2, 0.25) is 5.13 Å². The zero-order valence-electron chi connectivity index (χ0n) is 14.0. The molecule has 1 N–H and O–H groups in total. The zero-order valence-corrected chi connectivity index (χ0v) is 15.6. The van der Waals surface area contributed by atoms with E-state index in [2.05, 4.69) is 14.1 Å². The average molecular weight is 433 g/mol. The van der Waals surface area contributed by atoms with E-state index in [4.69, 9.17) is 4.74 Å². The van der Waals surface area contributed by atoms with Crippen LogP contribution in [-0.4, -0.2) is 17.8 Å². The molecule has 3 rings (SSSR count). The number of rotatable bonds is 5. The van der Waals surface area contributed by atoms with Crippen molar-refractivity contribution in [2.75, 3.05) is 4.72 Å². The fourth-order valence-electron chi connectivity index (χ4n) is 2.22. The molecule has 0 bridgehead atoms. The van der Waals surface area contributed by atoms with E-state index in [1.807, 2.05) is 0 Å². The average Bonchev–Trinajstić information content (AvgIpc) is 3.07. The molecule has 2 aromatic carbocycles. The van der Waals surface area contributed by atoms with Crippen molar-refractivity contribution in [2.45, 2.75) is 18.0 Å². The Balaban J connectivity index is 1.87. The van der Waals surface area contributed by atoms with E-state index in [0.717, 1.165) is 42.1 Å². The lowest BCUT2D eigenvalue weighted by Gasteiger charge is -2.13. The molecule has 0 spiro atoms. The molecule has 0 amide bonds. The summed E-state index contributed by atoms with van der Waals surface area (Å²) >= 11 is 0.796. The first-order valence-electron chi connectivity index (χ1n) is 7.50. The standard InChI is InChI=1S/C16H11F4N3O3S2/c1-9-4-10(16(18,19)20)6-11(5-9)26-14-3-2-12(7-13(14)17)28(24,25)23-15-21-8-22-27-15/h2-8H,1H3,(H,21,22,23).